The van der Waals surface area contributed by atoms with Crippen LogP contribution in [-0.4, -0.2) is 57.8 Å². The van der Waals surface area contributed by atoms with E-state index in [1.165, 1.54) is 0 Å². The van der Waals surface area contributed by atoms with E-state index >= 15 is 0 Å². The average molecular weight is 347 g/mol. The Labute approximate surface area is 147 Å². The molecule has 0 bridgehead atoms. The van der Waals surface area contributed by atoms with Crippen molar-refractivity contribution >= 4 is 17.5 Å². The maximum absolute atomic E-state index is 12.2. The number of methoxy groups -OCH3 is 1. The molecule has 1 aliphatic carbocycles. The van der Waals surface area contributed by atoms with Gasteiger partial charge in [-0.15, -0.1) is 0 Å². The molecule has 0 aromatic heterocycles. The predicted octanol–water partition coefficient (Wildman–Crippen LogP) is 0.929. The zero-order valence-electron chi connectivity index (χ0n) is 14.7. The fourth-order valence-electron chi connectivity index (χ4n) is 2.84. The third-order valence-corrected chi connectivity index (χ3v) is 4.54. The molecular weight excluding hydrogens is 322 g/mol. The van der Waals surface area contributed by atoms with Gasteiger partial charge < -0.3 is 25.0 Å². The molecule has 2 aliphatic rings. The second-order valence-electron chi connectivity index (χ2n) is 6.55. The highest BCUT2D eigenvalue weighted by molar-refractivity contribution is 5.95. The highest BCUT2D eigenvalue weighted by Crippen LogP contribution is 2.34. The van der Waals surface area contributed by atoms with Gasteiger partial charge in [-0.05, 0) is 31.0 Å². The molecule has 1 unspecified atom stereocenters. The number of hydrogen-bond donors (Lipinski definition) is 2. The van der Waals surface area contributed by atoms with Crippen molar-refractivity contribution in [2.45, 2.75) is 31.3 Å². The highest BCUT2D eigenvalue weighted by atomic mass is 16.5. The SMILES string of the molecule is COCCNC(=O)c1ccc2c(c1)N(C)C(CC(=O)NC1CC1)CO2. The number of nitrogens with zero attached hydrogens (tertiary/aromatic N) is 1. The molecule has 1 atom stereocenters. The van der Waals surface area contributed by atoms with Gasteiger partial charge in [0.1, 0.15) is 12.4 Å². The van der Waals surface area contributed by atoms with Gasteiger partial charge in [0.15, 0.2) is 0 Å². The molecule has 0 saturated heterocycles. The summed E-state index contributed by atoms with van der Waals surface area (Å²) in [5, 5.41) is 5.81. The van der Waals surface area contributed by atoms with E-state index in [0.717, 1.165) is 24.3 Å². The van der Waals surface area contributed by atoms with Gasteiger partial charge >= 0.3 is 0 Å². The second kappa shape index (κ2) is 7.74. The van der Waals surface area contributed by atoms with Gasteiger partial charge in [0, 0.05) is 32.3 Å². The molecule has 2 N–H and O–H groups in total. The molecule has 2 amide bonds. The standard InChI is InChI=1S/C18H25N3O4/c1-21-14(10-17(22)20-13-4-5-13)11-25-16-6-3-12(9-15(16)21)18(23)19-7-8-24-2/h3,6,9,13-14H,4-5,7-8,10-11H2,1-2H3,(H,19,23)(H,20,22). The quantitative estimate of drug-likeness (QED) is 0.717. The van der Waals surface area contributed by atoms with Crippen LogP contribution in [-0.2, 0) is 9.53 Å². The van der Waals surface area contributed by atoms with Gasteiger partial charge in [-0.25, -0.2) is 0 Å². The second-order valence-corrected chi connectivity index (χ2v) is 6.55. The summed E-state index contributed by atoms with van der Waals surface area (Å²) in [6.07, 6.45) is 2.54. The van der Waals surface area contributed by atoms with Crippen LogP contribution in [0, 0.1) is 0 Å². The Morgan fingerprint density at radius 2 is 2.16 bits per heavy atom. The first-order valence-corrected chi connectivity index (χ1v) is 8.64. The lowest BCUT2D eigenvalue weighted by atomic mass is 10.1. The molecule has 0 radical (unpaired) electrons. The maximum atomic E-state index is 12.2. The van der Waals surface area contributed by atoms with Crippen molar-refractivity contribution in [2.75, 3.05) is 38.8 Å². The van der Waals surface area contributed by atoms with E-state index in [0.29, 0.717) is 37.8 Å². The van der Waals surface area contributed by atoms with E-state index in [2.05, 4.69) is 10.6 Å². The third-order valence-electron chi connectivity index (χ3n) is 4.54. The van der Waals surface area contributed by atoms with E-state index in [1.54, 1.807) is 19.2 Å². The minimum Gasteiger partial charge on any atom is -0.489 e. The van der Waals surface area contributed by atoms with E-state index in [-0.39, 0.29) is 17.9 Å². The average Bonchev–Trinajstić information content (AvgIpc) is 3.41. The minimum absolute atomic E-state index is 0.0435. The van der Waals surface area contributed by atoms with Crippen LogP contribution >= 0.6 is 0 Å². The van der Waals surface area contributed by atoms with Gasteiger partial charge in [0.2, 0.25) is 5.91 Å². The fourth-order valence-corrected chi connectivity index (χ4v) is 2.84. The van der Waals surface area contributed by atoms with Crippen molar-refractivity contribution in [3.8, 4) is 5.75 Å². The van der Waals surface area contributed by atoms with Crippen molar-refractivity contribution in [2.24, 2.45) is 0 Å². The monoisotopic (exact) mass is 347 g/mol. The number of ether oxygens (including phenoxy) is 2. The van der Waals surface area contributed by atoms with Gasteiger partial charge in [-0.2, -0.15) is 0 Å². The van der Waals surface area contributed by atoms with Crippen LogP contribution in [0.2, 0.25) is 0 Å². The summed E-state index contributed by atoms with van der Waals surface area (Å²) in [5.74, 6) is 0.636. The summed E-state index contributed by atoms with van der Waals surface area (Å²) >= 11 is 0. The number of hydrogen-bond acceptors (Lipinski definition) is 5. The number of nitrogens with one attached hydrogen (secondary N) is 2. The Morgan fingerprint density at radius 1 is 1.36 bits per heavy atom. The van der Waals surface area contributed by atoms with Crippen molar-refractivity contribution in [1.82, 2.24) is 10.6 Å². The maximum Gasteiger partial charge on any atom is 0.251 e. The molecule has 1 heterocycles. The molecule has 0 spiro atoms. The third kappa shape index (κ3) is 4.42. The Kier molecular flexibility index (Phi) is 5.43. The van der Waals surface area contributed by atoms with Gasteiger partial charge in [0.05, 0.1) is 24.8 Å². The van der Waals surface area contributed by atoms with Crippen LogP contribution < -0.4 is 20.3 Å². The zero-order valence-corrected chi connectivity index (χ0v) is 14.7. The number of carbonyl (C=O) groups excluding carboxylic acids is 2. The molecule has 7 heteroatoms. The summed E-state index contributed by atoms with van der Waals surface area (Å²) in [4.78, 5) is 26.3. The summed E-state index contributed by atoms with van der Waals surface area (Å²) in [7, 11) is 3.53. The highest BCUT2D eigenvalue weighted by Gasteiger charge is 2.30. The van der Waals surface area contributed by atoms with Gasteiger partial charge in [-0.1, -0.05) is 0 Å². The Balaban J connectivity index is 1.65. The summed E-state index contributed by atoms with van der Waals surface area (Å²) < 4.78 is 10.7. The number of carbonyl (C=O) groups is 2. The van der Waals surface area contributed by atoms with Crippen molar-refractivity contribution < 1.29 is 19.1 Å². The lowest BCUT2D eigenvalue weighted by Gasteiger charge is -2.35. The first-order valence-electron chi connectivity index (χ1n) is 8.64. The topological polar surface area (TPSA) is 79.9 Å². The summed E-state index contributed by atoms with van der Waals surface area (Å²) in [6, 6.07) is 5.67. The van der Waals surface area contributed by atoms with Crippen LogP contribution in [0.4, 0.5) is 5.69 Å². The number of benzene rings is 1. The molecule has 136 valence electrons. The molecule has 1 aliphatic heterocycles. The first-order chi connectivity index (χ1) is 12.1. The smallest absolute Gasteiger partial charge is 0.251 e. The minimum atomic E-state index is -0.151. The van der Waals surface area contributed by atoms with Crippen LogP contribution in [0.25, 0.3) is 0 Å². The fraction of sp³-hybridized carbons (Fsp3) is 0.556. The van der Waals surface area contributed by atoms with Crippen LogP contribution in [0.1, 0.15) is 29.6 Å². The van der Waals surface area contributed by atoms with E-state index in [4.69, 9.17) is 9.47 Å². The van der Waals surface area contributed by atoms with Crippen molar-refractivity contribution in [1.29, 1.82) is 0 Å². The van der Waals surface area contributed by atoms with E-state index in [1.807, 2.05) is 18.0 Å². The van der Waals surface area contributed by atoms with Crippen LogP contribution in [0.5, 0.6) is 5.75 Å². The van der Waals surface area contributed by atoms with Crippen molar-refractivity contribution in [3.05, 3.63) is 23.8 Å². The summed E-state index contributed by atoms with van der Waals surface area (Å²) in [5.41, 5.74) is 1.39. The summed E-state index contributed by atoms with van der Waals surface area (Å²) in [6.45, 7) is 1.39. The zero-order chi connectivity index (χ0) is 17.8. The Hall–Kier alpha value is -2.28. The molecule has 7 nitrogen and oxygen atoms in total. The molecule has 1 fully saturated rings. The lowest BCUT2D eigenvalue weighted by molar-refractivity contribution is -0.121. The largest absolute Gasteiger partial charge is 0.489 e. The first kappa shape index (κ1) is 17.5. The Morgan fingerprint density at radius 3 is 2.88 bits per heavy atom. The normalized spacial score (nSPS) is 19.0. The van der Waals surface area contributed by atoms with Gasteiger partial charge in [0.25, 0.3) is 5.91 Å². The number of fused-ring (bicyclic) bond motifs is 1. The van der Waals surface area contributed by atoms with Crippen molar-refractivity contribution in [3.63, 3.8) is 0 Å². The van der Waals surface area contributed by atoms with E-state index < -0.39 is 0 Å². The molecule has 3 rings (SSSR count). The van der Waals surface area contributed by atoms with Gasteiger partial charge in [-0.3, -0.25) is 9.59 Å². The number of likely N-dealkylation sites (N-methyl/N-ethyl adjacent to an activating group) is 1. The predicted molar refractivity (Wildman–Crippen MR) is 94.1 cm³/mol. The Bertz CT molecular complexity index is 645. The number of rotatable bonds is 7. The number of amides is 2. The van der Waals surface area contributed by atoms with E-state index in [9.17, 15) is 9.59 Å². The van der Waals surface area contributed by atoms with Crippen LogP contribution in [0.15, 0.2) is 18.2 Å². The molecule has 1 aromatic carbocycles. The molecule has 1 aromatic rings. The molecular formula is C18H25N3O4. The molecule has 25 heavy (non-hydrogen) atoms. The number of anilines is 1. The lowest BCUT2D eigenvalue weighted by Crippen LogP contribution is -2.44. The van der Waals surface area contributed by atoms with Crippen LogP contribution in [0.3, 0.4) is 0 Å². The molecule has 1 saturated carbocycles.